The molecule has 0 fully saturated rings. The highest BCUT2D eigenvalue weighted by molar-refractivity contribution is 7.90. The second kappa shape index (κ2) is 5.33. The van der Waals surface area contributed by atoms with Gasteiger partial charge in [-0.15, -0.1) is 0 Å². The summed E-state index contributed by atoms with van der Waals surface area (Å²) in [5, 5.41) is 2.45. The third-order valence-corrected chi connectivity index (χ3v) is 3.11. The molecule has 0 bridgehead atoms. The number of anilines is 1. The van der Waals surface area contributed by atoms with E-state index in [4.69, 9.17) is 17.3 Å². The lowest BCUT2D eigenvalue weighted by Crippen LogP contribution is -2.29. The Morgan fingerprint density at radius 3 is 2.82 bits per heavy atom. The quantitative estimate of drug-likeness (QED) is 0.760. The Balaban J connectivity index is 2.67. The van der Waals surface area contributed by atoms with E-state index in [1.165, 1.54) is 12.3 Å². The third-order valence-electron chi connectivity index (χ3n) is 1.86. The van der Waals surface area contributed by atoms with Crippen LogP contribution in [0.5, 0.6) is 0 Å². The maximum absolute atomic E-state index is 11.6. The monoisotopic (exact) mass is 277 g/mol. The number of nitrogens with two attached hydrogens (primary N) is 1. The molecular weight excluding hydrogens is 266 g/mol. The molecule has 1 aromatic heterocycles. The number of rotatable bonds is 4. The molecule has 1 heterocycles. The van der Waals surface area contributed by atoms with Crippen LogP contribution in [0.3, 0.4) is 0 Å². The highest BCUT2D eigenvalue weighted by atomic mass is 35.5. The third kappa shape index (κ3) is 4.58. The molecule has 1 aromatic rings. The van der Waals surface area contributed by atoms with E-state index in [-0.39, 0.29) is 23.0 Å². The van der Waals surface area contributed by atoms with Crippen molar-refractivity contribution < 1.29 is 13.2 Å². The number of carbonyl (C=O) groups excluding carboxylic acids is 1. The molecule has 0 aliphatic rings. The number of nitrogens with zero attached hydrogens (tertiary/aromatic N) is 1. The molecule has 0 atom stereocenters. The average Bonchev–Trinajstić information content (AvgIpc) is 2.19. The van der Waals surface area contributed by atoms with Gasteiger partial charge in [-0.25, -0.2) is 13.4 Å². The zero-order valence-electron chi connectivity index (χ0n) is 9.10. The summed E-state index contributed by atoms with van der Waals surface area (Å²) in [6, 6.07) is 1.38. The van der Waals surface area contributed by atoms with Crippen molar-refractivity contribution in [2.24, 2.45) is 0 Å². The summed E-state index contributed by atoms with van der Waals surface area (Å²) < 4.78 is 21.7. The van der Waals surface area contributed by atoms with Gasteiger partial charge in [0.2, 0.25) is 0 Å². The van der Waals surface area contributed by atoms with Crippen LogP contribution in [0.4, 0.5) is 5.69 Å². The predicted molar refractivity (Wildman–Crippen MR) is 65.7 cm³/mol. The maximum atomic E-state index is 11.6. The van der Waals surface area contributed by atoms with Crippen LogP contribution in [0.25, 0.3) is 0 Å². The highest BCUT2D eigenvalue weighted by Crippen LogP contribution is 2.15. The van der Waals surface area contributed by atoms with E-state index in [1.807, 2.05) is 0 Å². The van der Waals surface area contributed by atoms with Gasteiger partial charge in [0, 0.05) is 12.8 Å². The SMILES string of the molecule is CS(=O)(=O)CCNC(=O)c1cc(N)cnc1Cl. The summed E-state index contributed by atoms with van der Waals surface area (Å²) >= 11 is 5.71. The van der Waals surface area contributed by atoms with Crippen molar-refractivity contribution in [2.45, 2.75) is 0 Å². The van der Waals surface area contributed by atoms with Crippen molar-refractivity contribution >= 4 is 33.0 Å². The van der Waals surface area contributed by atoms with E-state index in [1.54, 1.807) is 0 Å². The zero-order valence-corrected chi connectivity index (χ0v) is 10.7. The molecule has 0 aliphatic heterocycles. The van der Waals surface area contributed by atoms with Gasteiger partial charge in [-0.2, -0.15) is 0 Å². The molecule has 6 nitrogen and oxygen atoms in total. The van der Waals surface area contributed by atoms with Crippen molar-refractivity contribution in [1.29, 1.82) is 0 Å². The van der Waals surface area contributed by atoms with Gasteiger partial charge in [-0.1, -0.05) is 11.6 Å². The molecule has 3 N–H and O–H groups in total. The maximum Gasteiger partial charge on any atom is 0.254 e. The number of pyridine rings is 1. The molecule has 94 valence electrons. The minimum atomic E-state index is -3.11. The van der Waals surface area contributed by atoms with E-state index >= 15 is 0 Å². The van der Waals surface area contributed by atoms with E-state index < -0.39 is 15.7 Å². The minimum absolute atomic E-state index is 0.0167. The van der Waals surface area contributed by atoms with Gasteiger partial charge in [0.1, 0.15) is 15.0 Å². The predicted octanol–water partition coefficient (Wildman–Crippen LogP) is 0.0916. The summed E-state index contributed by atoms with van der Waals surface area (Å²) in [6.45, 7) is 0.0167. The Hall–Kier alpha value is -1.34. The lowest BCUT2D eigenvalue weighted by molar-refractivity contribution is 0.0956. The molecule has 0 radical (unpaired) electrons. The first-order chi connectivity index (χ1) is 7.79. The number of carbonyl (C=O) groups is 1. The molecule has 0 unspecified atom stereocenters. The Morgan fingerprint density at radius 2 is 2.24 bits per heavy atom. The van der Waals surface area contributed by atoms with Gasteiger partial charge in [0.25, 0.3) is 5.91 Å². The average molecular weight is 278 g/mol. The molecule has 1 amide bonds. The number of halogens is 1. The fourth-order valence-electron chi connectivity index (χ4n) is 1.07. The first kappa shape index (κ1) is 13.7. The number of hydrogen-bond acceptors (Lipinski definition) is 5. The van der Waals surface area contributed by atoms with Crippen LogP contribution in [0.15, 0.2) is 12.3 Å². The van der Waals surface area contributed by atoms with Crippen LogP contribution in [0, 0.1) is 0 Å². The van der Waals surface area contributed by atoms with Gasteiger partial charge < -0.3 is 11.1 Å². The summed E-state index contributed by atoms with van der Waals surface area (Å²) in [4.78, 5) is 15.3. The Bertz CT molecular complexity index is 530. The first-order valence-electron chi connectivity index (χ1n) is 4.66. The Labute approximate surface area is 104 Å². The van der Waals surface area contributed by atoms with Crippen molar-refractivity contribution in [3.8, 4) is 0 Å². The second-order valence-electron chi connectivity index (χ2n) is 3.49. The van der Waals surface area contributed by atoms with Crippen LogP contribution in [-0.2, 0) is 9.84 Å². The molecule has 17 heavy (non-hydrogen) atoms. The van der Waals surface area contributed by atoms with E-state index in [9.17, 15) is 13.2 Å². The Kier molecular flexibility index (Phi) is 4.30. The van der Waals surface area contributed by atoms with Gasteiger partial charge >= 0.3 is 0 Å². The largest absolute Gasteiger partial charge is 0.397 e. The lowest BCUT2D eigenvalue weighted by atomic mass is 10.2. The van der Waals surface area contributed by atoms with Crippen molar-refractivity contribution in [3.63, 3.8) is 0 Å². The van der Waals surface area contributed by atoms with Gasteiger partial charge in [0.05, 0.1) is 23.2 Å². The van der Waals surface area contributed by atoms with Crippen molar-refractivity contribution in [1.82, 2.24) is 10.3 Å². The van der Waals surface area contributed by atoms with Crippen LogP contribution >= 0.6 is 11.6 Å². The lowest BCUT2D eigenvalue weighted by Gasteiger charge is -2.06. The zero-order chi connectivity index (χ0) is 13.1. The number of amides is 1. The van der Waals surface area contributed by atoms with Gasteiger partial charge in [-0.3, -0.25) is 4.79 Å². The normalized spacial score (nSPS) is 11.2. The van der Waals surface area contributed by atoms with E-state index in [0.717, 1.165) is 6.26 Å². The fraction of sp³-hybridized carbons (Fsp3) is 0.333. The van der Waals surface area contributed by atoms with Gasteiger partial charge in [-0.05, 0) is 6.07 Å². The van der Waals surface area contributed by atoms with Crippen LogP contribution in [-0.4, -0.2) is 37.9 Å². The second-order valence-corrected chi connectivity index (χ2v) is 6.11. The number of aromatic nitrogens is 1. The van der Waals surface area contributed by atoms with Gasteiger partial charge in [0.15, 0.2) is 0 Å². The number of nitrogen functional groups attached to an aromatic ring is 1. The molecule has 0 saturated carbocycles. The molecule has 0 aliphatic carbocycles. The first-order valence-corrected chi connectivity index (χ1v) is 7.10. The molecule has 0 aromatic carbocycles. The summed E-state index contributed by atoms with van der Waals surface area (Å²) in [6.07, 6.45) is 2.42. The number of hydrogen-bond donors (Lipinski definition) is 2. The van der Waals surface area contributed by atoms with Crippen molar-refractivity contribution in [3.05, 3.63) is 23.0 Å². The molecular formula is C9H12ClN3O3S. The van der Waals surface area contributed by atoms with E-state index in [0.29, 0.717) is 5.69 Å². The Morgan fingerprint density at radius 1 is 1.59 bits per heavy atom. The van der Waals surface area contributed by atoms with Crippen molar-refractivity contribution in [2.75, 3.05) is 24.3 Å². The topological polar surface area (TPSA) is 102 Å². The summed E-state index contributed by atoms with van der Waals surface area (Å²) in [7, 11) is -3.11. The molecule has 1 rings (SSSR count). The minimum Gasteiger partial charge on any atom is -0.397 e. The molecule has 0 spiro atoms. The van der Waals surface area contributed by atoms with Crippen LogP contribution in [0.1, 0.15) is 10.4 Å². The highest BCUT2D eigenvalue weighted by Gasteiger charge is 2.12. The smallest absolute Gasteiger partial charge is 0.254 e. The molecule has 0 saturated heterocycles. The van der Waals surface area contributed by atoms with Crippen LogP contribution < -0.4 is 11.1 Å². The fourth-order valence-corrected chi connectivity index (χ4v) is 1.73. The van der Waals surface area contributed by atoms with Crippen LogP contribution in [0.2, 0.25) is 5.15 Å². The number of nitrogens with one attached hydrogen (secondary N) is 1. The summed E-state index contributed by atoms with van der Waals surface area (Å²) in [5.41, 5.74) is 5.90. The number of sulfone groups is 1. The van der Waals surface area contributed by atoms with E-state index in [2.05, 4.69) is 10.3 Å². The molecule has 8 heteroatoms. The standard InChI is InChI=1S/C9H12ClN3O3S/c1-17(15,16)3-2-12-9(14)7-4-6(11)5-13-8(7)10/h4-5H,2-3,11H2,1H3,(H,12,14). The summed E-state index contributed by atoms with van der Waals surface area (Å²) in [5.74, 6) is -0.634.